The molecule has 1 unspecified atom stereocenters. The highest BCUT2D eigenvalue weighted by molar-refractivity contribution is 7.80. The number of nitrogens with two attached hydrogens (primary N) is 1. The maximum atomic E-state index is 6.02. The van der Waals surface area contributed by atoms with Crippen LogP contribution in [0.4, 0.5) is 5.82 Å². The largest absolute Gasteiger partial charge is 0.388 e. The molecular weight excluding hydrogens is 292 g/mol. The predicted octanol–water partition coefficient (Wildman–Crippen LogP) is 2.96. The van der Waals surface area contributed by atoms with Gasteiger partial charge in [-0.1, -0.05) is 36.0 Å². The van der Waals surface area contributed by atoms with Gasteiger partial charge in [0.1, 0.15) is 16.5 Å². The number of thiocarbonyl (C=S) groups is 1. The quantitative estimate of drug-likeness (QED) is 0.880. The maximum absolute atomic E-state index is 6.02. The third-order valence-electron chi connectivity index (χ3n) is 3.16. The van der Waals surface area contributed by atoms with E-state index in [-0.39, 0.29) is 11.0 Å². The van der Waals surface area contributed by atoms with Crippen LogP contribution in [0.15, 0.2) is 36.7 Å². The van der Waals surface area contributed by atoms with Crippen molar-refractivity contribution in [2.24, 2.45) is 5.73 Å². The van der Waals surface area contributed by atoms with Gasteiger partial charge in [0.15, 0.2) is 0 Å². The number of anilines is 1. The van der Waals surface area contributed by atoms with Crippen molar-refractivity contribution in [3.8, 4) is 0 Å². The fourth-order valence-electron chi connectivity index (χ4n) is 1.82. The van der Waals surface area contributed by atoms with E-state index in [9.17, 15) is 0 Å². The van der Waals surface area contributed by atoms with Crippen LogP contribution in [0.5, 0.6) is 0 Å². The van der Waals surface area contributed by atoms with Gasteiger partial charge in [0.25, 0.3) is 0 Å². The monoisotopic (exact) mass is 306 g/mol. The van der Waals surface area contributed by atoms with Crippen LogP contribution < -0.4 is 10.6 Å². The highest BCUT2D eigenvalue weighted by atomic mass is 35.5. The SMILES string of the molecule is CC(c1cccc(Cl)c1)N(C)c1cnc(C(N)=S)cn1. The summed E-state index contributed by atoms with van der Waals surface area (Å²) in [6, 6.07) is 7.89. The molecule has 1 aromatic heterocycles. The fraction of sp³-hybridized carbons (Fsp3) is 0.214. The van der Waals surface area contributed by atoms with E-state index in [0.717, 1.165) is 16.4 Å². The highest BCUT2D eigenvalue weighted by Gasteiger charge is 2.14. The lowest BCUT2D eigenvalue weighted by Crippen LogP contribution is -2.23. The highest BCUT2D eigenvalue weighted by Crippen LogP contribution is 2.25. The molecule has 2 N–H and O–H groups in total. The minimum Gasteiger partial charge on any atom is -0.388 e. The van der Waals surface area contributed by atoms with Gasteiger partial charge in [-0.25, -0.2) is 9.97 Å². The molecule has 1 aromatic carbocycles. The zero-order chi connectivity index (χ0) is 14.7. The molecule has 0 amide bonds. The first kappa shape index (κ1) is 14.7. The number of halogens is 1. The third-order valence-corrected chi connectivity index (χ3v) is 3.61. The molecule has 1 atom stereocenters. The van der Waals surface area contributed by atoms with Crippen LogP contribution in [-0.4, -0.2) is 22.0 Å². The van der Waals surface area contributed by atoms with E-state index in [0.29, 0.717) is 5.69 Å². The lowest BCUT2D eigenvalue weighted by Gasteiger charge is -2.26. The zero-order valence-corrected chi connectivity index (χ0v) is 12.8. The molecule has 0 bridgehead atoms. The first-order valence-corrected chi connectivity index (χ1v) is 6.88. The lowest BCUT2D eigenvalue weighted by molar-refractivity contribution is 0.726. The maximum Gasteiger partial charge on any atom is 0.147 e. The third kappa shape index (κ3) is 3.23. The number of rotatable bonds is 4. The lowest BCUT2D eigenvalue weighted by atomic mass is 10.1. The Kier molecular flexibility index (Phi) is 4.52. The Morgan fingerprint density at radius 2 is 2.10 bits per heavy atom. The molecule has 0 radical (unpaired) electrons. The summed E-state index contributed by atoms with van der Waals surface area (Å²) in [6.07, 6.45) is 3.24. The molecule has 0 saturated heterocycles. The second-order valence-corrected chi connectivity index (χ2v) is 5.34. The second kappa shape index (κ2) is 6.15. The molecule has 6 heteroatoms. The van der Waals surface area contributed by atoms with Crippen LogP contribution in [0, 0.1) is 0 Å². The van der Waals surface area contributed by atoms with Gasteiger partial charge in [0.2, 0.25) is 0 Å². The number of hydrogen-bond acceptors (Lipinski definition) is 4. The van der Waals surface area contributed by atoms with Crippen molar-refractivity contribution in [2.45, 2.75) is 13.0 Å². The molecule has 0 spiro atoms. The van der Waals surface area contributed by atoms with Crippen molar-refractivity contribution in [3.05, 3.63) is 52.9 Å². The van der Waals surface area contributed by atoms with Crippen LogP contribution in [0.1, 0.15) is 24.2 Å². The van der Waals surface area contributed by atoms with Gasteiger partial charge in [-0.05, 0) is 24.6 Å². The van der Waals surface area contributed by atoms with Gasteiger partial charge in [-0.2, -0.15) is 0 Å². The van der Waals surface area contributed by atoms with Crippen LogP contribution in [0.3, 0.4) is 0 Å². The molecule has 0 aliphatic carbocycles. The minimum atomic E-state index is 0.124. The summed E-state index contributed by atoms with van der Waals surface area (Å²) in [6.45, 7) is 2.08. The van der Waals surface area contributed by atoms with E-state index in [1.54, 1.807) is 12.4 Å². The second-order valence-electron chi connectivity index (χ2n) is 4.47. The molecular formula is C14H15ClN4S. The van der Waals surface area contributed by atoms with Gasteiger partial charge < -0.3 is 10.6 Å². The number of hydrogen-bond donors (Lipinski definition) is 1. The van der Waals surface area contributed by atoms with Gasteiger partial charge in [-0.15, -0.1) is 0 Å². The summed E-state index contributed by atoms with van der Waals surface area (Å²) in [5.74, 6) is 0.748. The average molecular weight is 307 g/mol. The van der Waals surface area contributed by atoms with E-state index in [4.69, 9.17) is 29.6 Å². The standard InChI is InChI=1S/C14H15ClN4S/c1-9(10-4-3-5-11(15)6-10)19(2)13-8-17-12(7-18-13)14(16)20/h3-9H,1-2H3,(H2,16,20). The summed E-state index contributed by atoms with van der Waals surface area (Å²) in [5.41, 5.74) is 7.14. The summed E-state index contributed by atoms with van der Waals surface area (Å²) >= 11 is 10.9. The normalized spacial score (nSPS) is 11.9. The van der Waals surface area contributed by atoms with E-state index < -0.39 is 0 Å². The van der Waals surface area contributed by atoms with Crippen LogP contribution in [0.2, 0.25) is 5.02 Å². The van der Waals surface area contributed by atoms with Crippen LogP contribution >= 0.6 is 23.8 Å². The summed E-state index contributed by atoms with van der Waals surface area (Å²) in [4.78, 5) is 10.8. The topological polar surface area (TPSA) is 55.0 Å². The smallest absolute Gasteiger partial charge is 0.147 e. The molecule has 1 heterocycles. The minimum absolute atomic E-state index is 0.124. The molecule has 4 nitrogen and oxygen atoms in total. The van der Waals surface area contributed by atoms with E-state index in [1.807, 2.05) is 36.2 Å². The first-order chi connectivity index (χ1) is 9.49. The summed E-state index contributed by atoms with van der Waals surface area (Å²) < 4.78 is 0. The summed E-state index contributed by atoms with van der Waals surface area (Å²) in [5, 5.41) is 0.720. The van der Waals surface area contributed by atoms with E-state index in [2.05, 4.69) is 16.9 Å². The molecule has 0 fully saturated rings. The Labute approximate surface area is 128 Å². The predicted molar refractivity (Wildman–Crippen MR) is 86.2 cm³/mol. The molecule has 2 aromatic rings. The van der Waals surface area contributed by atoms with Crippen molar-refractivity contribution in [2.75, 3.05) is 11.9 Å². The Bertz CT molecular complexity index is 615. The zero-order valence-electron chi connectivity index (χ0n) is 11.2. The first-order valence-electron chi connectivity index (χ1n) is 6.09. The number of aromatic nitrogens is 2. The van der Waals surface area contributed by atoms with Gasteiger partial charge in [0.05, 0.1) is 18.4 Å². The molecule has 0 saturated carbocycles. The Morgan fingerprint density at radius 3 is 2.65 bits per heavy atom. The van der Waals surface area contributed by atoms with Crippen LogP contribution in [-0.2, 0) is 0 Å². The number of benzene rings is 1. The fourth-order valence-corrected chi connectivity index (χ4v) is 2.12. The van der Waals surface area contributed by atoms with E-state index in [1.165, 1.54) is 0 Å². The molecule has 2 rings (SSSR count). The molecule has 0 aliphatic rings. The molecule has 104 valence electrons. The Balaban J connectivity index is 2.22. The van der Waals surface area contributed by atoms with Crippen LogP contribution in [0.25, 0.3) is 0 Å². The van der Waals surface area contributed by atoms with Gasteiger partial charge in [-0.3, -0.25) is 0 Å². The van der Waals surface area contributed by atoms with Gasteiger partial charge in [0, 0.05) is 12.1 Å². The van der Waals surface area contributed by atoms with Crippen molar-refractivity contribution in [1.82, 2.24) is 9.97 Å². The Morgan fingerprint density at radius 1 is 1.35 bits per heavy atom. The van der Waals surface area contributed by atoms with Crippen molar-refractivity contribution in [1.29, 1.82) is 0 Å². The van der Waals surface area contributed by atoms with Gasteiger partial charge >= 0.3 is 0 Å². The molecule has 20 heavy (non-hydrogen) atoms. The molecule has 0 aliphatic heterocycles. The summed E-state index contributed by atoms with van der Waals surface area (Å²) in [7, 11) is 1.95. The van der Waals surface area contributed by atoms with Crippen molar-refractivity contribution in [3.63, 3.8) is 0 Å². The van der Waals surface area contributed by atoms with Crippen molar-refractivity contribution >= 4 is 34.6 Å². The average Bonchev–Trinajstić information content (AvgIpc) is 2.46. The Hall–Kier alpha value is -1.72. The van der Waals surface area contributed by atoms with E-state index >= 15 is 0 Å². The van der Waals surface area contributed by atoms with Crippen molar-refractivity contribution < 1.29 is 0 Å². The number of nitrogens with zero attached hydrogens (tertiary/aromatic N) is 3.